The third-order valence-corrected chi connectivity index (χ3v) is 5.72. The summed E-state index contributed by atoms with van der Waals surface area (Å²) in [6.07, 6.45) is 6.99. The molecule has 4 aromatic rings. The van der Waals surface area contributed by atoms with Crippen LogP contribution in [-0.2, 0) is 18.4 Å². The van der Waals surface area contributed by atoms with Crippen molar-refractivity contribution in [2.75, 3.05) is 18.4 Å². The van der Waals surface area contributed by atoms with E-state index in [9.17, 15) is 4.79 Å². The fraction of sp³-hybridized carbons (Fsp3) is 0.364. The molecule has 0 unspecified atom stereocenters. The number of fused-ring (bicyclic) bond motifs is 1. The molecule has 0 spiro atoms. The predicted octanol–water partition coefficient (Wildman–Crippen LogP) is 2.57. The summed E-state index contributed by atoms with van der Waals surface area (Å²) in [4.78, 5) is 28.4. The summed E-state index contributed by atoms with van der Waals surface area (Å²) < 4.78 is 6.77. The summed E-state index contributed by atoms with van der Waals surface area (Å²) in [6.45, 7) is 4.05. The monoisotopic (exact) mass is 432 g/mol. The molecule has 10 heteroatoms. The fourth-order valence-corrected chi connectivity index (χ4v) is 3.99. The second kappa shape index (κ2) is 8.46. The van der Waals surface area contributed by atoms with Crippen molar-refractivity contribution in [2.24, 2.45) is 13.0 Å². The first-order valence-electron chi connectivity index (χ1n) is 10.6. The number of hydrogen-bond acceptors (Lipinski definition) is 8. The van der Waals surface area contributed by atoms with Gasteiger partial charge in [-0.1, -0.05) is 5.16 Å². The molecule has 0 radical (unpaired) electrons. The largest absolute Gasteiger partial charge is 0.340 e. The van der Waals surface area contributed by atoms with Crippen LogP contribution in [0.4, 0.5) is 5.82 Å². The van der Waals surface area contributed by atoms with E-state index in [1.165, 1.54) is 0 Å². The van der Waals surface area contributed by atoms with Gasteiger partial charge >= 0.3 is 0 Å². The van der Waals surface area contributed by atoms with Crippen LogP contribution in [0.25, 0.3) is 22.2 Å². The van der Waals surface area contributed by atoms with Gasteiger partial charge in [0.25, 0.3) is 0 Å². The molecule has 0 aliphatic carbocycles. The van der Waals surface area contributed by atoms with Crippen LogP contribution in [0.5, 0.6) is 0 Å². The number of aryl methyl sites for hydroxylation is 2. The molecule has 1 fully saturated rings. The van der Waals surface area contributed by atoms with E-state index in [0.29, 0.717) is 24.1 Å². The first kappa shape index (κ1) is 20.3. The summed E-state index contributed by atoms with van der Waals surface area (Å²) >= 11 is 0. The number of nitrogens with one attached hydrogen (secondary N) is 1. The zero-order valence-corrected chi connectivity index (χ0v) is 18.0. The Morgan fingerprint density at radius 1 is 1.22 bits per heavy atom. The average molecular weight is 432 g/mol. The normalized spacial score (nSPS) is 15.3. The maximum atomic E-state index is 12.8. The molecule has 164 valence electrons. The highest BCUT2D eigenvalue weighted by Gasteiger charge is 2.26. The highest BCUT2D eigenvalue weighted by Crippen LogP contribution is 2.23. The highest BCUT2D eigenvalue weighted by atomic mass is 16.5. The molecule has 10 nitrogen and oxygen atoms in total. The second-order valence-electron chi connectivity index (χ2n) is 8.13. The number of carbonyl (C=O) groups is 1. The van der Waals surface area contributed by atoms with Crippen molar-refractivity contribution in [3.8, 4) is 11.3 Å². The molecule has 0 aromatic carbocycles. The van der Waals surface area contributed by atoms with Crippen LogP contribution in [0.15, 0.2) is 41.3 Å². The average Bonchev–Trinajstić information content (AvgIpc) is 3.41. The van der Waals surface area contributed by atoms with E-state index in [4.69, 9.17) is 9.51 Å². The van der Waals surface area contributed by atoms with Gasteiger partial charge in [-0.25, -0.2) is 9.97 Å². The van der Waals surface area contributed by atoms with E-state index in [2.05, 4.69) is 30.4 Å². The van der Waals surface area contributed by atoms with Crippen molar-refractivity contribution >= 4 is 22.6 Å². The second-order valence-corrected chi connectivity index (χ2v) is 8.13. The molecule has 0 atom stereocenters. The van der Waals surface area contributed by atoms with Gasteiger partial charge in [0.15, 0.2) is 5.82 Å². The van der Waals surface area contributed by atoms with Gasteiger partial charge in [-0.2, -0.15) is 10.1 Å². The first-order valence-corrected chi connectivity index (χ1v) is 10.6. The molecule has 1 saturated heterocycles. The number of aromatic nitrogens is 6. The van der Waals surface area contributed by atoms with Crippen LogP contribution in [0.2, 0.25) is 0 Å². The Bertz CT molecular complexity index is 1260. The van der Waals surface area contributed by atoms with E-state index in [1.807, 2.05) is 31.4 Å². The lowest BCUT2D eigenvalue weighted by Gasteiger charge is -2.30. The van der Waals surface area contributed by atoms with E-state index >= 15 is 0 Å². The molecular formula is C22H24N8O2. The Balaban J connectivity index is 1.22. The molecular weight excluding hydrogens is 408 g/mol. The van der Waals surface area contributed by atoms with Crippen molar-refractivity contribution < 1.29 is 9.32 Å². The van der Waals surface area contributed by atoms with Crippen LogP contribution in [-0.4, -0.2) is 53.8 Å². The Labute approximate surface area is 184 Å². The quantitative estimate of drug-likeness (QED) is 0.512. The molecule has 1 amide bonds. The molecule has 1 aliphatic rings. The molecule has 1 aliphatic heterocycles. The molecule has 32 heavy (non-hydrogen) atoms. The maximum Gasteiger partial charge on any atom is 0.228 e. The lowest BCUT2D eigenvalue weighted by molar-refractivity contribution is -0.121. The van der Waals surface area contributed by atoms with Crippen LogP contribution in [0, 0.1) is 12.8 Å². The van der Waals surface area contributed by atoms with Gasteiger partial charge in [-0.3, -0.25) is 14.4 Å². The minimum Gasteiger partial charge on any atom is -0.340 e. The van der Waals surface area contributed by atoms with E-state index in [1.54, 1.807) is 24.0 Å². The van der Waals surface area contributed by atoms with Crippen LogP contribution < -0.4 is 5.32 Å². The van der Waals surface area contributed by atoms with Crippen LogP contribution >= 0.6 is 0 Å². The molecule has 4 aromatic heterocycles. The maximum absolute atomic E-state index is 12.8. The number of pyridine rings is 2. The Morgan fingerprint density at radius 2 is 2.06 bits per heavy atom. The number of anilines is 1. The Kier molecular flexibility index (Phi) is 5.36. The minimum atomic E-state index is -0.0505. The number of nitrogens with zero attached hydrogens (tertiary/aromatic N) is 7. The van der Waals surface area contributed by atoms with Crippen molar-refractivity contribution in [3.05, 3.63) is 48.5 Å². The van der Waals surface area contributed by atoms with Crippen LogP contribution in [0.3, 0.4) is 0 Å². The summed E-state index contributed by atoms with van der Waals surface area (Å²) in [5.41, 5.74) is 2.56. The SMILES string of the molecule is Cc1nc(CN2CCC(C(=O)Nc3cc4nc(-c5cnn(C)c5)ccc4cn3)CC2)no1. The van der Waals surface area contributed by atoms with Crippen molar-refractivity contribution in [1.29, 1.82) is 0 Å². The number of rotatable bonds is 5. The predicted molar refractivity (Wildman–Crippen MR) is 117 cm³/mol. The van der Waals surface area contributed by atoms with Gasteiger partial charge in [0.2, 0.25) is 11.8 Å². The van der Waals surface area contributed by atoms with Gasteiger partial charge < -0.3 is 9.84 Å². The number of carbonyl (C=O) groups excluding carboxylic acids is 1. The Hall–Kier alpha value is -3.66. The summed E-state index contributed by atoms with van der Waals surface area (Å²) in [6, 6.07) is 5.74. The molecule has 0 bridgehead atoms. The Morgan fingerprint density at radius 3 is 2.78 bits per heavy atom. The topological polar surface area (TPSA) is 115 Å². The highest BCUT2D eigenvalue weighted by molar-refractivity contribution is 5.93. The fourth-order valence-electron chi connectivity index (χ4n) is 3.99. The lowest BCUT2D eigenvalue weighted by atomic mass is 9.96. The lowest BCUT2D eigenvalue weighted by Crippen LogP contribution is -2.38. The number of likely N-dealkylation sites (tertiary alicyclic amines) is 1. The smallest absolute Gasteiger partial charge is 0.228 e. The van der Waals surface area contributed by atoms with Gasteiger partial charge in [-0.05, 0) is 38.1 Å². The third kappa shape index (κ3) is 4.35. The summed E-state index contributed by atoms with van der Waals surface area (Å²) in [7, 11) is 1.87. The van der Waals surface area contributed by atoms with E-state index in [0.717, 1.165) is 48.1 Å². The molecule has 0 saturated carbocycles. The van der Waals surface area contributed by atoms with Crippen molar-refractivity contribution in [3.63, 3.8) is 0 Å². The van der Waals surface area contributed by atoms with Gasteiger partial charge in [0.05, 0.1) is 24.0 Å². The zero-order chi connectivity index (χ0) is 22.1. The molecule has 5 rings (SSSR count). The minimum absolute atomic E-state index is 0.00433. The number of piperidine rings is 1. The molecule has 1 N–H and O–H groups in total. The summed E-state index contributed by atoms with van der Waals surface area (Å²) in [5, 5.41) is 12.0. The zero-order valence-electron chi connectivity index (χ0n) is 18.0. The third-order valence-electron chi connectivity index (χ3n) is 5.72. The van der Waals surface area contributed by atoms with Crippen LogP contribution in [0.1, 0.15) is 24.6 Å². The van der Waals surface area contributed by atoms with Gasteiger partial charge in [0.1, 0.15) is 5.82 Å². The van der Waals surface area contributed by atoms with Gasteiger partial charge in [0, 0.05) is 49.3 Å². The summed E-state index contributed by atoms with van der Waals surface area (Å²) in [5.74, 6) is 1.71. The standard InChI is InChI=1S/C22H24N8O2/c1-14-25-21(28-32-14)13-30-7-5-15(6-8-30)22(31)27-20-9-19-16(10-23-20)3-4-18(26-19)17-11-24-29(2)12-17/h3-4,9-12,15H,5-8,13H2,1-2H3,(H,23,27,31). The van der Waals surface area contributed by atoms with E-state index in [-0.39, 0.29) is 11.8 Å². The molecule has 5 heterocycles. The van der Waals surface area contributed by atoms with Crippen molar-refractivity contribution in [1.82, 2.24) is 34.8 Å². The van der Waals surface area contributed by atoms with E-state index < -0.39 is 0 Å². The van der Waals surface area contributed by atoms with Crippen molar-refractivity contribution in [2.45, 2.75) is 26.3 Å². The first-order chi connectivity index (χ1) is 15.5. The number of amides is 1. The van der Waals surface area contributed by atoms with Gasteiger partial charge in [-0.15, -0.1) is 0 Å². The number of hydrogen-bond donors (Lipinski definition) is 1.